The molecular weight excluding hydrogens is 280 g/mol. The standard InChI is InChI=1S/C10H9ClN2O2S2/c11-7-2-1-3-9(4-7)13-17(14,15)10-5-8(12)6-16-10/h1-6,13H,12H2. The fourth-order valence-electron chi connectivity index (χ4n) is 1.23. The van der Waals surface area contributed by atoms with Crippen molar-refractivity contribution in [3.63, 3.8) is 0 Å². The predicted molar refractivity (Wildman–Crippen MR) is 71.0 cm³/mol. The van der Waals surface area contributed by atoms with Gasteiger partial charge in [0.1, 0.15) is 4.21 Å². The van der Waals surface area contributed by atoms with Crippen molar-refractivity contribution in [2.75, 3.05) is 10.5 Å². The molecule has 90 valence electrons. The first-order chi connectivity index (χ1) is 7.97. The number of nitrogen functional groups attached to an aromatic ring is 1. The first-order valence-electron chi connectivity index (χ1n) is 4.60. The molecule has 0 unspecified atom stereocenters. The molecule has 0 saturated heterocycles. The first-order valence-corrected chi connectivity index (χ1v) is 7.34. The summed E-state index contributed by atoms with van der Waals surface area (Å²) >= 11 is 6.84. The van der Waals surface area contributed by atoms with Gasteiger partial charge in [0.05, 0.1) is 5.69 Å². The fraction of sp³-hybridized carbons (Fsp3) is 0. The van der Waals surface area contributed by atoms with E-state index in [1.807, 2.05) is 0 Å². The first kappa shape index (κ1) is 12.2. The monoisotopic (exact) mass is 288 g/mol. The van der Waals surface area contributed by atoms with E-state index in [-0.39, 0.29) is 4.21 Å². The van der Waals surface area contributed by atoms with Crippen LogP contribution in [0.2, 0.25) is 5.02 Å². The molecule has 0 amide bonds. The van der Waals surface area contributed by atoms with Crippen molar-refractivity contribution in [2.24, 2.45) is 0 Å². The van der Waals surface area contributed by atoms with Gasteiger partial charge in [-0.3, -0.25) is 4.72 Å². The summed E-state index contributed by atoms with van der Waals surface area (Å²) in [6, 6.07) is 7.92. The number of benzene rings is 1. The van der Waals surface area contributed by atoms with Gasteiger partial charge < -0.3 is 5.73 Å². The second-order valence-electron chi connectivity index (χ2n) is 3.31. The zero-order valence-corrected chi connectivity index (χ0v) is 10.9. The van der Waals surface area contributed by atoms with Crippen LogP contribution in [-0.2, 0) is 10.0 Å². The number of nitrogens with two attached hydrogens (primary N) is 1. The summed E-state index contributed by atoms with van der Waals surface area (Å²) in [6.07, 6.45) is 0. The third-order valence-corrected chi connectivity index (χ3v) is 5.01. The Morgan fingerprint density at radius 1 is 1.29 bits per heavy atom. The Balaban J connectivity index is 2.29. The van der Waals surface area contributed by atoms with Gasteiger partial charge in [0.2, 0.25) is 0 Å². The van der Waals surface area contributed by atoms with Gasteiger partial charge in [-0.25, -0.2) is 8.42 Å². The fourth-order valence-corrected chi connectivity index (χ4v) is 3.55. The van der Waals surface area contributed by atoms with Gasteiger partial charge in [0, 0.05) is 16.1 Å². The summed E-state index contributed by atoms with van der Waals surface area (Å²) in [5.41, 5.74) is 6.34. The number of thiophene rings is 1. The number of hydrogen-bond donors (Lipinski definition) is 2. The minimum Gasteiger partial charge on any atom is -0.398 e. The summed E-state index contributed by atoms with van der Waals surface area (Å²) in [6.45, 7) is 0. The molecule has 3 N–H and O–H groups in total. The lowest BCUT2D eigenvalue weighted by molar-refractivity contribution is 0.603. The Labute approximate surface area is 108 Å². The van der Waals surface area contributed by atoms with E-state index in [0.717, 1.165) is 11.3 Å². The Bertz CT molecular complexity index is 637. The molecule has 7 heteroatoms. The van der Waals surface area contributed by atoms with Crippen LogP contribution in [0, 0.1) is 0 Å². The van der Waals surface area contributed by atoms with Crippen molar-refractivity contribution in [1.82, 2.24) is 0 Å². The van der Waals surface area contributed by atoms with Crippen molar-refractivity contribution in [3.8, 4) is 0 Å². The third-order valence-electron chi connectivity index (χ3n) is 1.94. The van der Waals surface area contributed by atoms with Gasteiger partial charge in [-0.2, -0.15) is 0 Å². The zero-order valence-electron chi connectivity index (χ0n) is 8.55. The molecule has 0 spiro atoms. The van der Waals surface area contributed by atoms with Crippen LogP contribution in [0.15, 0.2) is 39.9 Å². The Morgan fingerprint density at radius 3 is 2.65 bits per heavy atom. The molecule has 0 radical (unpaired) electrons. The SMILES string of the molecule is Nc1csc(S(=O)(=O)Nc2cccc(Cl)c2)c1. The number of nitrogens with one attached hydrogen (secondary N) is 1. The largest absolute Gasteiger partial charge is 0.398 e. The molecule has 2 rings (SSSR count). The molecular formula is C10H9ClN2O2S2. The second-order valence-corrected chi connectivity index (χ2v) is 6.57. The Kier molecular flexibility index (Phi) is 3.28. The highest BCUT2D eigenvalue weighted by Crippen LogP contribution is 2.25. The molecule has 1 aromatic carbocycles. The quantitative estimate of drug-likeness (QED) is 0.912. The molecule has 0 saturated carbocycles. The third kappa shape index (κ3) is 2.91. The molecule has 0 fully saturated rings. The maximum Gasteiger partial charge on any atom is 0.271 e. The van der Waals surface area contributed by atoms with Crippen LogP contribution in [0.4, 0.5) is 11.4 Å². The van der Waals surface area contributed by atoms with Crippen molar-refractivity contribution < 1.29 is 8.42 Å². The van der Waals surface area contributed by atoms with E-state index >= 15 is 0 Å². The summed E-state index contributed by atoms with van der Waals surface area (Å²) in [7, 11) is -3.58. The van der Waals surface area contributed by atoms with Crippen LogP contribution >= 0.6 is 22.9 Å². The number of rotatable bonds is 3. The van der Waals surface area contributed by atoms with Crippen molar-refractivity contribution in [1.29, 1.82) is 0 Å². The van der Waals surface area contributed by atoms with E-state index < -0.39 is 10.0 Å². The van der Waals surface area contributed by atoms with Crippen LogP contribution in [0.5, 0.6) is 0 Å². The van der Waals surface area contributed by atoms with Crippen LogP contribution in [0.1, 0.15) is 0 Å². The molecule has 0 aliphatic rings. The van der Waals surface area contributed by atoms with Gasteiger partial charge in [-0.05, 0) is 24.3 Å². The predicted octanol–water partition coefficient (Wildman–Crippen LogP) is 2.78. The minimum atomic E-state index is -3.58. The van der Waals surface area contributed by atoms with E-state index in [9.17, 15) is 8.42 Å². The molecule has 0 aliphatic heterocycles. The highest BCUT2D eigenvalue weighted by molar-refractivity contribution is 7.94. The van der Waals surface area contributed by atoms with Gasteiger partial charge in [-0.15, -0.1) is 11.3 Å². The summed E-state index contributed by atoms with van der Waals surface area (Å²) in [5, 5.41) is 2.04. The number of hydrogen-bond acceptors (Lipinski definition) is 4. The van der Waals surface area contributed by atoms with Crippen molar-refractivity contribution in [3.05, 3.63) is 40.7 Å². The maximum absolute atomic E-state index is 11.9. The number of sulfonamides is 1. The van der Waals surface area contributed by atoms with Crippen molar-refractivity contribution >= 4 is 44.3 Å². The highest BCUT2D eigenvalue weighted by Gasteiger charge is 2.16. The minimum absolute atomic E-state index is 0.176. The van der Waals surface area contributed by atoms with Crippen LogP contribution in [0.25, 0.3) is 0 Å². The van der Waals surface area contributed by atoms with Crippen LogP contribution < -0.4 is 10.5 Å². The van der Waals surface area contributed by atoms with E-state index in [1.54, 1.807) is 23.6 Å². The van der Waals surface area contributed by atoms with Gasteiger partial charge >= 0.3 is 0 Å². The molecule has 0 atom stereocenters. The smallest absolute Gasteiger partial charge is 0.271 e. The zero-order chi connectivity index (χ0) is 12.5. The molecule has 2 aromatic rings. The Morgan fingerprint density at radius 2 is 2.06 bits per heavy atom. The highest BCUT2D eigenvalue weighted by atomic mass is 35.5. The molecule has 17 heavy (non-hydrogen) atoms. The average Bonchev–Trinajstić information content (AvgIpc) is 2.65. The Hall–Kier alpha value is -1.24. The van der Waals surface area contributed by atoms with Crippen LogP contribution in [-0.4, -0.2) is 8.42 Å². The molecule has 1 aromatic heterocycles. The van der Waals surface area contributed by atoms with E-state index in [4.69, 9.17) is 17.3 Å². The van der Waals surface area contributed by atoms with Crippen LogP contribution in [0.3, 0.4) is 0 Å². The molecule has 0 bridgehead atoms. The van der Waals surface area contributed by atoms with Gasteiger partial charge in [0.25, 0.3) is 10.0 Å². The molecule has 4 nitrogen and oxygen atoms in total. The lowest BCUT2D eigenvalue weighted by atomic mass is 10.3. The summed E-state index contributed by atoms with van der Waals surface area (Å²) in [4.78, 5) is 0. The van der Waals surface area contributed by atoms with Crippen molar-refractivity contribution in [2.45, 2.75) is 4.21 Å². The van der Waals surface area contributed by atoms with Gasteiger partial charge in [-0.1, -0.05) is 17.7 Å². The normalized spacial score (nSPS) is 11.4. The lowest BCUT2D eigenvalue weighted by Crippen LogP contribution is -2.11. The molecule has 0 aliphatic carbocycles. The maximum atomic E-state index is 11.9. The van der Waals surface area contributed by atoms with E-state index in [2.05, 4.69) is 4.72 Å². The molecule has 1 heterocycles. The number of halogens is 1. The van der Waals surface area contributed by atoms with Gasteiger partial charge in [0.15, 0.2) is 0 Å². The van der Waals surface area contributed by atoms with E-state index in [0.29, 0.717) is 16.4 Å². The van der Waals surface area contributed by atoms with E-state index in [1.165, 1.54) is 12.1 Å². The summed E-state index contributed by atoms with van der Waals surface area (Å²) < 4.78 is 26.5. The average molecular weight is 289 g/mol. The summed E-state index contributed by atoms with van der Waals surface area (Å²) in [5.74, 6) is 0. The topological polar surface area (TPSA) is 72.2 Å². The number of anilines is 2. The lowest BCUT2D eigenvalue weighted by Gasteiger charge is -2.05. The second kappa shape index (κ2) is 4.56.